The van der Waals surface area contributed by atoms with Gasteiger partial charge in [0.1, 0.15) is 18.1 Å². The number of allylic oxidation sites excluding steroid dienone is 2. The fraction of sp³-hybridized carbons (Fsp3) is 0.333. The number of ether oxygens (including phenoxy) is 2. The molecule has 1 amide bonds. The number of carbonyl (C=O) groups is 2. The number of carboxylic acid groups (broad SMARTS) is 1. The van der Waals surface area contributed by atoms with E-state index in [4.69, 9.17) is 19.4 Å². The molecule has 1 aliphatic carbocycles. The fourth-order valence-electron chi connectivity index (χ4n) is 3.37. The van der Waals surface area contributed by atoms with Crippen molar-refractivity contribution in [1.82, 2.24) is 0 Å². The van der Waals surface area contributed by atoms with Gasteiger partial charge in [-0.15, -0.1) is 0 Å². The number of carbonyl (C=O) groups excluding carboxylic acids is 1. The summed E-state index contributed by atoms with van der Waals surface area (Å²) >= 11 is 0. The summed E-state index contributed by atoms with van der Waals surface area (Å²) in [5.41, 5.74) is 6.17. The summed E-state index contributed by atoms with van der Waals surface area (Å²) in [6.07, 6.45) is 0.847. The van der Waals surface area contributed by atoms with E-state index in [1.807, 2.05) is 54.6 Å². The van der Waals surface area contributed by atoms with Crippen LogP contribution < -0.4 is 10.5 Å². The van der Waals surface area contributed by atoms with Crippen molar-refractivity contribution in [3.8, 4) is 11.5 Å². The van der Waals surface area contributed by atoms with E-state index in [1.54, 1.807) is 0 Å². The van der Waals surface area contributed by atoms with Gasteiger partial charge >= 0.3 is 12.1 Å². The minimum absolute atomic E-state index is 0.0212. The molecule has 1 aliphatic rings. The minimum atomic E-state index is -1.33. The predicted octanol–water partition coefficient (Wildman–Crippen LogP) is 5.38. The molecule has 0 aromatic heterocycles. The maximum atomic E-state index is 12.5. The molecular formula is C24H29NO5. The number of amides is 1. The van der Waals surface area contributed by atoms with Crippen LogP contribution in [0.5, 0.6) is 11.5 Å². The highest BCUT2D eigenvalue weighted by Gasteiger charge is 2.61. The summed E-state index contributed by atoms with van der Waals surface area (Å²) in [7, 11) is 0. The molecule has 1 fully saturated rings. The zero-order valence-corrected chi connectivity index (χ0v) is 17.8. The van der Waals surface area contributed by atoms with Gasteiger partial charge in [0.15, 0.2) is 0 Å². The first-order valence-electron chi connectivity index (χ1n) is 9.73. The molecule has 6 heteroatoms. The Labute approximate surface area is 177 Å². The van der Waals surface area contributed by atoms with Gasteiger partial charge in [-0.25, -0.2) is 4.79 Å². The second-order valence-electron chi connectivity index (χ2n) is 8.08. The van der Waals surface area contributed by atoms with Gasteiger partial charge in [0.05, 0.1) is 5.92 Å². The Morgan fingerprint density at radius 3 is 2.27 bits per heavy atom. The molecule has 0 spiro atoms. The van der Waals surface area contributed by atoms with Crippen LogP contribution >= 0.6 is 0 Å². The van der Waals surface area contributed by atoms with E-state index in [1.165, 1.54) is 5.57 Å². The Balaban J connectivity index is 0.000000735. The van der Waals surface area contributed by atoms with Crippen LogP contribution in [-0.2, 0) is 16.1 Å². The number of rotatable bonds is 6. The average molecular weight is 411 g/mol. The lowest BCUT2D eigenvalue weighted by Gasteiger charge is -2.09. The molecule has 0 aliphatic heterocycles. The summed E-state index contributed by atoms with van der Waals surface area (Å²) in [5, 5.41) is 7.19. The van der Waals surface area contributed by atoms with Crippen molar-refractivity contribution in [2.45, 2.75) is 34.3 Å². The Morgan fingerprint density at radius 1 is 1.07 bits per heavy atom. The largest absolute Gasteiger partial charge is 0.465 e. The van der Waals surface area contributed by atoms with Crippen LogP contribution in [0.4, 0.5) is 4.79 Å². The first-order valence-corrected chi connectivity index (χ1v) is 9.73. The predicted molar refractivity (Wildman–Crippen MR) is 115 cm³/mol. The second-order valence-corrected chi connectivity index (χ2v) is 8.08. The van der Waals surface area contributed by atoms with Gasteiger partial charge in [0, 0.05) is 0 Å². The molecule has 0 saturated heterocycles. The van der Waals surface area contributed by atoms with Crippen LogP contribution in [0.1, 0.15) is 33.3 Å². The lowest BCUT2D eigenvalue weighted by molar-refractivity contribution is -0.147. The zero-order chi connectivity index (χ0) is 22.3. The van der Waals surface area contributed by atoms with E-state index in [9.17, 15) is 4.79 Å². The third kappa shape index (κ3) is 6.65. The summed E-state index contributed by atoms with van der Waals surface area (Å²) in [4.78, 5) is 21.3. The number of hydrogen-bond acceptors (Lipinski definition) is 4. The van der Waals surface area contributed by atoms with Crippen molar-refractivity contribution < 1.29 is 24.2 Å². The summed E-state index contributed by atoms with van der Waals surface area (Å²) in [5.74, 6) is 1.62. The zero-order valence-electron chi connectivity index (χ0n) is 17.8. The molecule has 2 aromatic rings. The van der Waals surface area contributed by atoms with Crippen molar-refractivity contribution >= 4 is 12.1 Å². The molecule has 0 heterocycles. The van der Waals surface area contributed by atoms with Crippen LogP contribution in [0, 0.1) is 17.3 Å². The van der Waals surface area contributed by atoms with E-state index < -0.39 is 6.09 Å². The first kappa shape index (κ1) is 23.0. The van der Waals surface area contributed by atoms with Crippen LogP contribution in [-0.4, -0.2) is 17.2 Å². The first-order chi connectivity index (χ1) is 14.1. The number of nitrogens with two attached hydrogens (primary N) is 1. The van der Waals surface area contributed by atoms with Crippen LogP contribution in [0.25, 0.3) is 0 Å². The third-order valence-electron chi connectivity index (χ3n) is 4.94. The van der Waals surface area contributed by atoms with E-state index >= 15 is 0 Å². The topological polar surface area (TPSA) is 98.9 Å². The van der Waals surface area contributed by atoms with Gasteiger partial charge in [0.25, 0.3) is 0 Å². The Morgan fingerprint density at radius 2 is 1.67 bits per heavy atom. The van der Waals surface area contributed by atoms with Gasteiger partial charge in [-0.05, 0) is 55.0 Å². The van der Waals surface area contributed by atoms with Gasteiger partial charge in [-0.3, -0.25) is 4.79 Å². The maximum Gasteiger partial charge on any atom is 0.402 e. The smallest absolute Gasteiger partial charge is 0.402 e. The quantitative estimate of drug-likeness (QED) is 0.491. The molecule has 2 atom stereocenters. The van der Waals surface area contributed by atoms with Gasteiger partial charge < -0.3 is 20.3 Å². The van der Waals surface area contributed by atoms with Gasteiger partial charge in [-0.1, -0.05) is 55.8 Å². The van der Waals surface area contributed by atoms with Crippen LogP contribution in [0.15, 0.2) is 66.2 Å². The van der Waals surface area contributed by atoms with Crippen molar-refractivity contribution in [3.05, 3.63) is 71.8 Å². The normalized spacial score (nSPS) is 18.3. The van der Waals surface area contributed by atoms with Crippen molar-refractivity contribution in [1.29, 1.82) is 0 Å². The van der Waals surface area contributed by atoms with E-state index in [2.05, 4.69) is 39.5 Å². The maximum absolute atomic E-state index is 12.5. The minimum Gasteiger partial charge on any atom is -0.465 e. The monoisotopic (exact) mass is 411 g/mol. The van der Waals surface area contributed by atoms with Crippen molar-refractivity contribution in [2.24, 2.45) is 23.0 Å². The summed E-state index contributed by atoms with van der Waals surface area (Å²) < 4.78 is 11.4. The molecule has 3 rings (SSSR count). The lowest BCUT2D eigenvalue weighted by atomic mass is 10.1. The Bertz CT molecular complexity index is 897. The highest BCUT2D eigenvalue weighted by atomic mass is 16.5. The number of para-hydroxylation sites is 1. The molecule has 3 N–H and O–H groups in total. The average Bonchev–Trinajstić information content (AvgIpc) is 3.19. The van der Waals surface area contributed by atoms with E-state index in [-0.39, 0.29) is 29.8 Å². The number of hydrogen-bond donors (Lipinski definition) is 2. The number of benzene rings is 2. The van der Waals surface area contributed by atoms with Gasteiger partial charge in [0.2, 0.25) is 0 Å². The molecule has 30 heavy (non-hydrogen) atoms. The fourth-order valence-corrected chi connectivity index (χ4v) is 3.37. The molecule has 6 nitrogen and oxygen atoms in total. The Kier molecular flexibility index (Phi) is 7.64. The van der Waals surface area contributed by atoms with Crippen LogP contribution in [0.2, 0.25) is 0 Å². The highest BCUT2D eigenvalue weighted by molar-refractivity contribution is 5.78. The van der Waals surface area contributed by atoms with E-state index in [0.29, 0.717) is 0 Å². The number of primary amides is 1. The van der Waals surface area contributed by atoms with E-state index in [0.717, 1.165) is 17.1 Å². The van der Waals surface area contributed by atoms with Gasteiger partial charge in [-0.2, -0.15) is 0 Å². The molecule has 0 radical (unpaired) electrons. The van der Waals surface area contributed by atoms with Crippen LogP contribution in [0.3, 0.4) is 0 Å². The molecule has 2 unspecified atom stereocenters. The lowest BCUT2D eigenvalue weighted by Crippen LogP contribution is -2.10. The third-order valence-corrected chi connectivity index (χ3v) is 4.94. The van der Waals surface area contributed by atoms with Crippen molar-refractivity contribution in [2.75, 3.05) is 0 Å². The second kappa shape index (κ2) is 9.96. The molecule has 2 aromatic carbocycles. The standard InChI is InChI=1S/C23H26O3.CH3NO2/c1-16(2)13-20-21(23(20,3)4)22(24)25-15-17-9-8-12-19(14-17)26-18-10-6-5-7-11-18;2-1(3)4/h5-14,20-21H,15H2,1-4H3;2H2,(H,3,4). The Hall–Kier alpha value is -3.28. The molecule has 0 bridgehead atoms. The highest BCUT2D eigenvalue weighted by Crippen LogP contribution is 2.59. The SMILES string of the molecule is CC(C)=CC1C(C(=O)OCc2cccc(Oc3ccccc3)c2)C1(C)C.NC(=O)O. The number of esters is 1. The summed E-state index contributed by atoms with van der Waals surface area (Å²) in [6, 6.07) is 17.3. The molecular weight excluding hydrogens is 382 g/mol. The van der Waals surface area contributed by atoms with Crippen molar-refractivity contribution in [3.63, 3.8) is 0 Å². The molecule has 160 valence electrons. The molecule has 1 saturated carbocycles. The summed E-state index contributed by atoms with van der Waals surface area (Å²) in [6.45, 7) is 8.64.